The summed E-state index contributed by atoms with van der Waals surface area (Å²) in [4.78, 5) is 0.734. The van der Waals surface area contributed by atoms with Gasteiger partial charge in [0.2, 0.25) is 0 Å². The maximum atomic E-state index is 13.9. The number of hydrogen-bond acceptors (Lipinski definition) is 1. The summed E-state index contributed by atoms with van der Waals surface area (Å²) in [5.74, 6) is 4.55. The van der Waals surface area contributed by atoms with Crippen LogP contribution in [0.25, 0.3) is 16.5 Å². The van der Waals surface area contributed by atoms with Crippen LogP contribution in [0.15, 0.2) is 66.1 Å². The first-order chi connectivity index (χ1) is 12.4. The maximum absolute atomic E-state index is 13.9. The summed E-state index contributed by atoms with van der Waals surface area (Å²) >= 11 is 0. The second-order valence-corrected chi connectivity index (χ2v) is 9.18. The molecule has 3 heteroatoms. The lowest BCUT2D eigenvalue weighted by molar-refractivity contribution is 0.676. The van der Waals surface area contributed by atoms with E-state index < -0.39 is 9.71 Å². The average molecular weight is 366 g/mol. The molecule has 0 fully saturated rings. The van der Waals surface area contributed by atoms with Gasteiger partial charge in [0.15, 0.2) is 0 Å². The zero-order valence-electron chi connectivity index (χ0n) is 15.9. The molecule has 1 unspecified atom stereocenters. The zero-order chi connectivity index (χ0) is 18.9. The smallest absolute Gasteiger partial charge is 0.0807 e. The molecule has 1 atom stereocenters. The minimum atomic E-state index is -2.70. The van der Waals surface area contributed by atoms with Gasteiger partial charge in [-0.1, -0.05) is 64.1 Å². The van der Waals surface area contributed by atoms with Gasteiger partial charge >= 0.3 is 0 Å². The van der Waals surface area contributed by atoms with Crippen LogP contribution in [0.4, 0.5) is 0 Å². The molecule has 1 aromatic heterocycles. The van der Waals surface area contributed by atoms with Crippen LogP contribution in [0.1, 0.15) is 50.8 Å². The first-order valence-corrected chi connectivity index (χ1v) is 10.8. The minimum Gasteiger partial charge on any atom is -0.263 e. The number of aromatic nitrogens is 1. The highest BCUT2D eigenvalue weighted by molar-refractivity contribution is 7.99. The molecular formula is C23H27NOS. The van der Waals surface area contributed by atoms with Crippen LogP contribution in [0, 0.1) is 0 Å². The Bertz CT molecular complexity index is 1040. The van der Waals surface area contributed by atoms with Crippen molar-refractivity contribution < 1.29 is 4.21 Å². The molecule has 0 saturated heterocycles. The molecule has 0 amide bonds. The van der Waals surface area contributed by atoms with E-state index in [0.29, 0.717) is 5.92 Å². The van der Waals surface area contributed by atoms with Crippen molar-refractivity contribution in [2.45, 2.75) is 44.4 Å². The predicted molar refractivity (Wildman–Crippen MR) is 115 cm³/mol. The second-order valence-electron chi connectivity index (χ2n) is 7.07. The monoisotopic (exact) mass is 365 g/mol. The van der Waals surface area contributed by atoms with Gasteiger partial charge in [-0.25, -0.2) is 4.21 Å². The van der Waals surface area contributed by atoms with Crippen LogP contribution in [-0.4, -0.2) is 14.1 Å². The summed E-state index contributed by atoms with van der Waals surface area (Å²) in [5.41, 5.74) is 4.16. The predicted octanol–water partition coefficient (Wildman–Crippen LogP) is 6.12. The molecule has 0 aliphatic rings. The molecule has 0 aliphatic heterocycles. The van der Waals surface area contributed by atoms with Gasteiger partial charge in [-0.3, -0.25) is 3.97 Å². The van der Waals surface area contributed by atoms with E-state index in [0.717, 1.165) is 39.9 Å². The van der Waals surface area contributed by atoms with Crippen LogP contribution in [0.5, 0.6) is 0 Å². The third-order valence-corrected chi connectivity index (χ3v) is 6.77. The molecule has 2 nitrogen and oxygen atoms in total. The lowest BCUT2D eigenvalue weighted by Crippen LogP contribution is -2.15. The molecule has 2 aromatic carbocycles. The van der Waals surface area contributed by atoms with Crippen LogP contribution in [0.3, 0.4) is 0 Å². The van der Waals surface area contributed by atoms with E-state index in [4.69, 9.17) is 0 Å². The van der Waals surface area contributed by atoms with Gasteiger partial charge in [-0.05, 0) is 53.6 Å². The number of fused-ring (bicyclic) bond motifs is 1. The molecule has 0 spiro atoms. The Morgan fingerprint density at radius 3 is 2.42 bits per heavy atom. The Kier molecular flexibility index (Phi) is 5.10. The molecular weight excluding hydrogens is 338 g/mol. The van der Waals surface area contributed by atoms with E-state index in [1.807, 2.05) is 46.4 Å². The minimum absolute atomic E-state index is 0.388. The van der Waals surface area contributed by atoms with Gasteiger partial charge in [-0.2, -0.15) is 0 Å². The average Bonchev–Trinajstić information content (AvgIpc) is 3.03. The van der Waals surface area contributed by atoms with Crippen molar-refractivity contribution >= 4 is 32.1 Å². The number of hydrogen-bond donors (Lipinski definition) is 0. The number of nitrogens with zero attached hydrogens (tertiary/aromatic N) is 1. The number of benzene rings is 2. The molecule has 0 saturated carbocycles. The maximum Gasteiger partial charge on any atom is 0.0807 e. The zero-order valence-corrected chi connectivity index (χ0v) is 16.7. The normalized spacial score (nSPS) is 13.8. The fourth-order valence-electron chi connectivity index (χ4n) is 3.47. The third-order valence-electron chi connectivity index (χ3n) is 4.78. The topological polar surface area (TPSA) is 22.0 Å². The van der Waals surface area contributed by atoms with Gasteiger partial charge in [0, 0.05) is 10.3 Å². The molecule has 26 heavy (non-hydrogen) atoms. The van der Waals surface area contributed by atoms with Gasteiger partial charge in [-0.15, -0.1) is 0 Å². The lowest BCUT2D eigenvalue weighted by atomic mass is 9.99. The van der Waals surface area contributed by atoms with E-state index in [-0.39, 0.29) is 0 Å². The van der Waals surface area contributed by atoms with Crippen molar-refractivity contribution in [2.24, 2.45) is 0 Å². The Morgan fingerprint density at radius 2 is 1.81 bits per heavy atom. The van der Waals surface area contributed by atoms with E-state index >= 15 is 0 Å². The van der Waals surface area contributed by atoms with Gasteiger partial charge in [0.25, 0.3) is 0 Å². The summed E-state index contributed by atoms with van der Waals surface area (Å²) in [7, 11) is -2.70. The highest BCUT2D eigenvalue weighted by atomic mass is 32.2. The number of rotatable bonds is 6. The van der Waals surface area contributed by atoms with Crippen molar-refractivity contribution in [3.05, 3.63) is 72.4 Å². The molecule has 0 radical (unpaired) electrons. The van der Waals surface area contributed by atoms with Gasteiger partial charge in [0.1, 0.15) is 0 Å². The largest absolute Gasteiger partial charge is 0.263 e. The molecule has 3 rings (SSSR count). The van der Waals surface area contributed by atoms with Crippen molar-refractivity contribution in [1.82, 2.24) is 3.97 Å². The first kappa shape index (κ1) is 18.5. The Morgan fingerprint density at radius 1 is 1.12 bits per heavy atom. The summed E-state index contributed by atoms with van der Waals surface area (Å²) < 4.78 is 15.8. The summed E-state index contributed by atoms with van der Waals surface area (Å²) in [6, 6.07) is 17.9. The molecule has 0 bridgehead atoms. The van der Waals surface area contributed by atoms with Crippen molar-refractivity contribution in [3.63, 3.8) is 0 Å². The quantitative estimate of drug-likeness (QED) is 0.483. The van der Waals surface area contributed by atoms with E-state index in [9.17, 15) is 4.21 Å². The Balaban J connectivity index is 2.37. The lowest BCUT2D eigenvalue weighted by Gasteiger charge is -2.18. The van der Waals surface area contributed by atoms with Crippen LogP contribution in [-0.2, 0) is 9.71 Å². The molecule has 3 aromatic rings. The first-order valence-electron chi connectivity index (χ1n) is 9.13. The highest BCUT2D eigenvalue weighted by Crippen LogP contribution is 2.34. The summed E-state index contributed by atoms with van der Waals surface area (Å²) in [6.07, 6.45) is 1.87. The fourth-order valence-corrected chi connectivity index (χ4v) is 5.23. The van der Waals surface area contributed by atoms with Crippen molar-refractivity contribution in [3.8, 4) is 0 Å². The molecule has 0 N–H and O–H groups in total. The standard InChI is InChI=1S/C23H27NOS/c1-6-11-18(4)23-16-21-20(17(2)3)14-10-15-22(21)24(23)26(5,25)19-12-8-7-9-13-19/h7-10,12-17H,4-6,11H2,1-3H3. The molecule has 136 valence electrons. The van der Waals surface area contributed by atoms with Crippen LogP contribution >= 0.6 is 0 Å². The second kappa shape index (κ2) is 7.16. The SMILES string of the molecule is C=C(CCC)c1cc2c(C(C)C)cccc2n1S(=C)(=O)c1ccccc1. The third kappa shape index (κ3) is 3.12. The van der Waals surface area contributed by atoms with Crippen LogP contribution < -0.4 is 0 Å². The fraction of sp³-hybridized carbons (Fsp3) is 0.261. The molecule has 1 heterocycles. The summed E-state index contributed by atoms with van der Waals surface area (Å²) in [5, 5.41) is 1.14. The van der Waals surface area contributed by atoms with Crippen molar-refractivity contribution in [1.29, 1.82) is 0 Å². The van der Waals surface area contributed by atoms with E-state index in [1.165, 1.54) is 5.56 Å². The number of allylic oxidation sites excluding steroid dienone is 1. The van der Waals surface area contributed by atoms with Crippen LogP contribution in [0.2, 0.25) is 0 Å². The highest BCUT2D eigenvalue weighted by Gasteiger charge is 2.21. The summed E-state index contributed by atoms with van der Waals surface area (Å²) in [6.45, 7) is 10.8. The van der Waals surface area contributed by atoms with Gasteiger partial charge < -0.3 is 0 Å². The van der Waals surface area contributed by atoms with Gasteiger partial charge in [0.05, 0.1) is 20.9 Å². The van der Waals surface area contributed by atoms with Crippen molar-refractivity contribution in [2.75, 3.05) is 0 Å². The Labute approximate surface area is 157 Å². The Hall–Kier alpha value is -2.26. The van der Waals surface area contributed by atoms with E-state index in [2.05, 4.69) is 45.4 Å². The molecule has 0 aliphatic carbocycles. The van der Waals surface area contributed by atoms with E-state index in [1.54, 1.807) is 0 Å².